The van der Waals surface area contributed by atoms with Crippen molar-refractivity contribution in [3.05, 3.63) is 53.6 Å². The van der Waals surface area contributed by atoms with Gasteiger partial charge in [-0.1, -0.05) is 23.7 Å². The van der Waals surface area contributed by atoms with E-state index in [1.165, 1.54) is 4.31 Å². The molecule has 1 heterocycles. The van der Waals surface area contributed by atoms with E-state index >= 15 is 0 Å². The Morgan fingerprint density at radius 1 is 1.03 bits per heavy atom. The molecule has 1 fully saturated rings. The fraction of sp³-hybridized carbons (Fsp3) is 0.350. The van der Waals surface area contributed by atoms with Crippen LogP contribution in [0.2, 0.25) is 5.02 Å². The smallest absolute Gasteiger partial charge is 0.406 e. The third-order valence-corrected chi connectivity index (χ3v) is 7.07. The number of benzene rings is 2. The van der Waals surface area contributed by atoms with Gasteiger partial charge in [-0.2, -0.15) is 4.31 Å². The van der Waals surface area contributed by atoms with Crippen LogP contribution in [-0.2, 0) is 14.8 Å². The number of sulfonamides is 1. The van der Waals surface area contributed by atoms with Crippen LogP contribution in [0.25, 0.3) is 0 Å². The number of nitrogens with one attached hydrogen (secondary N) is 1. The number of alkyl halides is 3. The summed E-state index contributed by atoms with van der Waals surface area (Å²) in [7, 11) is -3.85. The number of piperazine rings is 1. The fourth-order valence-corrected chi connectivity index (χ4v) is 4.80. The maximum absolute atomic E-state index is 12.8. The Hall–Kier alpha value is -2.34. The first kappa shape index (κ1) is 24.3. The van der Waals surface area contributed by atoms with Gasteiger partial charge in [-0.05, 0) is 36.4 Å². The van der Waals surface area contributed by atoms with E-state index < -0.39 is 22.1 Å². The lowest BCUT2D eigenvalue weighted by Crippen LogP contribution is -2.49. The van der Waals surface area contributed by atoms with Gasteiger partial charge in [0.2, 0.25) is 15.9 Å². The number of halogens is 4. The number of hydrogen-bond donors (Lipinski definition) is 1. The second-order valence-electron chi connectivity index (χ2n) is 7.04. The summed E-state index contributed by atoms with van der Waals surface area (Å²) in [6.45, 7) is 1.71. The predicted octanol–water partition coefficient (Wildman–Crippen LogP) is 3.57. The van der Waals surface area contributed by atoms with Crippen molar-refractivity contribution in [3.8, 4) is 5.75 Å². The molecule has 0 radical (unpaired) electrons. The molecule has 0 aliphatic carbocycles. The SMILES string of the molecule is O=C(CCN1CCN(S(=O)(=O)c2ccc(OC(F)(F)F)cc2)CC1)Nc1ccccc1Cl. The third-order valence-electron chi connectivity index (χ3n) is 4.83. The van der Waals surface area contributed by atoms with Gasteiger partial charge in [0, 0.05) is 39.1 Å². The van der Waals surface area contributed by atoms with Crippen LogP contribution in [0.5, 0.6) is 5.75 Å². The fourth-order valence-electron chi connectivity index (χ4n) is 3.19. The normalized spacial score (nSPS) is 16.0. The van der Waals surface area contributed by atoms with Crippen LogP contribution < -0.4 is 10.1 Å². The molecule has 0 saturated carbocycles. The van der Waals surface area contributed by atoms with Crippen molar-refractivity contribution in [2.75, 3.05) is 38.0 Å². The van der Waals surface area contributed by atoms with Crippen molar-refractivity contribution in [2.24, 2.45) is 0 Å². The van der Waals surface area contributed by atoms with Crippen LogP contribution in [0.4, 0.5) is 18.9 Å². The average molecular weight is 492 g/mol. The van der Waals surface area contributed by atoms with Crippen LogP contribution in [0.3, 0.4) is 0 Å². The van der Waals surface area contributed by atoms with E-state index in [1.54, 1.807) is 24.3 Å². The standard InChI is InChI=1S/C20H21ClF3N3O4S/c21-17-3-1-2-4-18(17)25-19(28)9-10-26-11-13-27(14-12-26)32(29,30)16-7-5-15(6-8-16)31-20(22,23)24/h1-8H,9-14H2,(H,25,28). The summed E-state index contributed by atoms with van der Waals surface area (Å²) in [5.74, 6) is -0.689. The molecule has 2 aromatic rings. The zero-order valence-electron chi connectivity index (χ0n) is 16.8. The van der Waals surface area contributed by atoms with Gasteiger partial charge in [0.15, 0.2) is 0 Å². The quantitative estimate of drug-likeness (QED) is 0.640. The Labute approximate surface area is 188 Å². The predicted molar refractivity (Wildman–Crippen MR) is 113 cm³/mol. The van der Waals surface area contributed by atoms with Crippen molar-refractivity contribution < 1.29 is 31.1 Å². The van der Waals surface area contributed by atoms with Crippen LogP contribution >= 0.6 is 11.6 Å². The summed E-state index contributed by atoms with van der Waals surface area (Å²) >= 11 is 6.02. The molecular formula is C20H21ClF3N3O4S. The summed E-state index contributed by atoms with van der Waals surface area (Å²) in [6, 6.07) is 11.0. The van der Waals surface area contributed by atoms with Crippen molar-refractivity contribution in [1.82, 2.24) is 9.21 Å². The highest BCUT2D eigenvalue weighted by Gasteiger charge is 2.32. The molecule has 1 amide bonds. The van der Waals surface area contributed by atoms with E-state index in [1.807, 2.05) is 4.90 Å². The monoisotopic (exact) mass is 491 g/mol. The zero-order chi connectivity index (χ0) is 23.4. The van der Waals surface area contributed by atoms with Gasteiger partial charge >= 0.3 is 6.36 Å². The van der Waals surface area contributed by atoms with Crippen molar-refractivity contribution in [1.29, 1.82) is 0 Å². The molecule has 1 aliphatic heterocycles. The molecule has 174 valence electrons. The van der Waals surface area contributed by atoms with Crippen molar-refractivity contribution in [2.45, 2.75) is 17.7 Å². The Bertz CT molecular complexity index is 1040. The Morgan fingerprint density at radius 2 is 1.66 bits per heavy atom. The Kier molecular flexibility index (Phi) is 7.65. The first-order valence-corrected chi connectivity index (χ1v) is 11.5. The van der Waals surface area contributed by atoms with Crippen LogP contribution in [0, 0.1) is 0 Å². The Morgan fingerprint density at radius 3 is 2.25 bits per heavy atom. The highest BCUT2D eigenvalue weighted by atomic mass is 35.5. The number of amides is 1. The molecule has 12 heteroatoms. The molecule has 0 bridgehead atoms. The lowest BCUT2D eigenvalue weighted by Gasteiger charge is -2.33. The minimum Gasteiger partial charge on any atom is -0.406 e. The Balaban J connectivity index is 1.49. The summed E-state index contributed by atoms with van der Waals surface area (Å²) in [6.07, 6.45) is -4.63. The van der Waals surface area contributed by atoms with Crippen molar-refractivity contribution in [3.63, 3.8) is 0 Å². The molecule has 1 aliphatic rings. The molecule has 0 spiro atoms. The van der Waals surface area contributed by atoms with Gasteiger partial charge in [-0.25, -0.2) is 8.42 Å². The second-order valence-corrected chi connectivity index (χ2v) is 9.39. The molecule has 3 rings (SSSR count). The number of ether oxygens (including phenoxy) is 1. The van der Waals surface area contributed by atoms with Gasteiger partial charge in [0.1, 0.15) is 5.75 Å². The topological polar surface area (TPSA) is 79.0 Å². The van der Waals surface area contributed by atoms with Crippen LogP contribution in [0.1, 0.15) is 6.42 Å². The lowest BCUT2D eigenvalue weighted by molar-refractivity contribution is -0.274. The molecule has 2 aromatic carbocycles. The molecule has 7 nitrogen and oxygen atoms in total. The zero-order valence-corrected chi connectivity index (χ0v) is 18.4. The van der Waals surface area contributed by atoms with E-state index in [0.717, 1.165) is 24.3 Å². The number of para-hydroxylation sites is 1. The number of carbonyl (C=O) groups excluding carboxylic acids is 1. The molecule has 32 heavy (non-hydrogen) atoms. The largest absolute Gasteiger partial charge is 0.573 e. The van der Waals surface area contributed by atoms with Gasteiger partial charge in [-0.3, -0.25) is 4.79 Å². The summed E-state index contributed by atoms with van der Waals surface area (Å²) in [4.78, 5) is 14.0. The number of carbonyl (C=O) groups is 1. The first-order chi connectivity index (χ1) is 15.0. The molecule has 1 saturated heterocycles. The number of anilines is 1. The van der Waals surface area contributed by atoms with Crippen LogP contribution in [0.15, 0.2) is 53.4 Å². The number of hydrogen-bond acceptors (Lipinski definition) is 5. The first-order valence-electron chi connectivity index (χ1n) is 9.67. The number of nitrogens with zero attached hydrogens (tertiary/aromatic N) is 2. The van der Waals surface area contributed by atoms with Crippen molar-refractivity contribution >= 4 is 33.2 Å². The van der Waals surface area contributed by atoms with Gasteiger partial charge in [0.05, 0.1) is 15.6 Å². The molecular weight excluding hydrogens is 471 g/mol. The van der Waals surface area contributed by atoms with E-state index in [-0.39, 0.29) is 30.3 Å². The van der Waals surface area contributed by atoms with Crippen LogP contribution in [-0.4, -0.2) is 62.6 Å². The summed E-state index contributed by atoms with van der Waals surface area (Å²) in [5, 5.41) is 3.18. The maximum Gasteiger partial charge on any atom is 0.573 e. The molecule has 1 N–H and O–H groups in total. The molecule has 0 atom stereocenters. The van der Waals surface area contributed by atoms with E-state index in [2.05, 4.69) is 10.1 Å². The summed E-state index contributed by atoms with van der Waals surface area (Å²) in [5.41, 5.74) is 0.529. The third kappa shape index (κ3) is 6.58. The minimum absolute atomic E-state index is 0.111. The highest BCUT2D eigenvalue weighted by molar-refractivity contribution is 7.89. The van der Waals surface area contributed by atoms with E-state index in [9.17, 15) is 26.4 Å². The maximum atomic E-state index is 12.8. The van der Waals surface area contributed by atoms with Gasteiger partial charge in [0.25, 0.3) is 0 Å². The average Bonchev–Trinajstić information content (AvgIpc) is 2.73. The lowest BCUT2D eigenvalue weighted by atomic mass is 10.3. The molecule has 0 aromatic heterocycles. The van der Waals surface area contributed by atoms with Gasteiger partial charge < -0.3 is 15.0 Å². The second kappa shape index (κ2) is 10.1. The van der Waals surface area contributed by atoms with E-state index in [4.69, 9.17) is 11.6 Å². The summed E-state index contributed by atoms with van der Waals surface area (Å²) < 4.78 is 67.3. The number of rotatable bonds is 7. The molecule has 0 unspecified atom stereocenters. The van der Waals surface area contributed by atoms with Gasteiger partial charge in [-0.15, -0.1) is 13.2 Å². The highest BCUT2D eigenvalue weighted by Crippen LogP contribution is 2.25. The minimum atomic E-state index is -4.85. The van der Waals surface area contributed by atoms with E-state index in [0.29, 0.717) is 30.3 Å².